The van der Waals surface area contributed by atoms with E-state index in [0.717, 1.165) is 6.07 Å². The van der Waals surface area contributed by atoms with Crippen molar-refractivity contribution in [1.82, 2.24) is 4.98 Å². The molecule has 16 heavy (non-hydrogen) atoms. The summed E-state index contributed by atoms with van der Waals surface area (Å²) in [6.07, 6.45) is 0. The SMILES string of the molecule is CCOC(=O)C(F)(F)c1ccc(Br)c(C)n1. The molecule has 0 aliphatic rings. The van der Waals surface area contributed by atoms with Crippen molar-refractivity contribution in [1.29, 1.82) is 0 Å². The molecule has 0 aromatic carbocycles. The van der Waals surface area contributed by atoms with Crippen LogP contribution < -0.4 is 0 Å². The third-order valence-corrected chi connectivity index (χ3v) is 2.71. The van der Waals surface area contributed by atoms with Gasteiger partial charge in [-0.25, -0.2) is 9.78 Å². The number of aromatic nitrogens is 1. The first-order chi connectivity index (χ1) is 7.39. The molecule has 1 heterocycles. The standard InChI is InChI=1S/C10H10BrF2NO2/c1-3-16-9(15)10(12,13)8-5-4-7(11)6(2)14-8/h4-5H,3H2,1-2H3. The molecular weight excluding hydrogens is 284 g/mol. The minimum Gasteiger partial charge on any atom is -0.461 e. The Balaban J connectivity index is 3.06. The molecular formula is C10H10BrF2NO2. The minimum absolute atomic E-state index is 0.0933. The van der Waals surface area contributed by atoms with Gasteiger partial charge in [0.15, 0.2) is 0 Å². The topological polar surface area (TPSA) is 39.2 Å². The van der Waals surface area contributed by atoms with Crippen LogP contribution in [-0.2, 0) is 15.5 Å². The van der Waals surface area contributed by atoms with Crippen molar-refractivity contribution < 1.29 is 18.3 Å². The van der Waals surface area contributed by atoms with E-state index >= 15 is 0 Å². The van der Waals surface area contributed by atoms with Crippen LogP contribution in [0.3, 0.4) is 0 Å². The number of alkyl halides is 2. The zero-order valence-corrected chi connectivity index (χ0v) is 10.3. The van der Waals surface area contributed by atoms with Crippen LogP contribution in [0.4, 0.5) is 8.78 Å². The van der Waals surface area contributed by atoms with Crippen molar-refractivity contribution in [3.63, 3.8) is 0 Å². The summed E-state index contributed by atoms with van der Waals surface area (Å²) in [4.78, 5) is 14.7. The Kier molecular flexibility index (Phi) is 3.96. The van der Waals surface area contributed by atoms with E-state index in [1.807, 2.05) is 0 Å². The predicted molar refractivity (Wildman–Crippen MR) is 57.2 cm³/mol. The average Bonchev–Trinajstić information content (AvgIpc) is 2.22. The van der Waals surface area contributed by atoms with Crippen LogP contribution in [0.2, 0.25) is 0 Å². The molecule has 6 heteroatoms. The molecule has 0 fully saturated rings. The van der Waals surface area contributed by atoms with Gasteiger partial charge in [0.2, 0.25) is 0 Å². The van der Waals surface area contributed by atoms with E-state index < -0.39 is 17.6 Å². The molecule has 0 amide bonds. The second-order valence-electron chi connectivity index (χ2n) is 3.06. The van der Waals surface area contributed by atoms with E-state index in [-0.39, 0.29) is 6.61 Å². The van der Waals surface area contributed by atoms with Crippen LogP contribution in [-0.4, -0.2) is 17.6 Å². The Morgan fingerprint density at radius 1 is 1.56 bits per heavy atom. The van der Waals surface area contributed by atoms with Crippen LogP contribution in [0.25, 0.3) is 0 Å². The van der Waals surface area contributed by atoms with E-state index in [2.05, 4.69) is 25.7 Å². The van der Waals surface area contributed by atoms with E-state index in [9.17, 15) is 13.6 Å². The van der Waals surface area contributed by atoms with Gasteiger partial charge in [-0.05, 0) is 41.9 Å². The Hall–Kier alpha value is -1.04. The molecule has 1 aromatic heterocycles. The number of nitrogens with zero attached hydrogens (tertiary/aromatic N) is 1. The Morgan fingerprint density at radius 3 is 2.69 bits per heavy atom. The third kappa shape index (κ3) is 2.55. The van der Waals surface area contributed by atoms with E-state index in [1.54, 1.807) is 6.92 Å². The van der Waals surface area contributed by atoms with Crippen molar-refractivity contribution in [2.45, 2.75) is 19.8 Å². The maximum atomic E-state index is 13.5. The molecule has 1 aromatic rings. The number of aryl methyl sites for hydroxylation is 1. The first-order valence-corrected chi connectivity index (χ1v) is 5.37. The molecule has 0 unspecified atom stereocenters. The first-order valence-electron chi connectivity index (χ1n) is 4.58. The molecule has 0 atom stereocenters. The smallest absolute Gasteiger partial charge is 0.384 e. The normalized spacial score (nSPS) is 11.3. The van der Waals surface area contributed by atoms with Crippen molar-refractivity contribution in [3.05, 3.63) is 28.0 Å². The summed E-state index contributed by atoms with van der Waals surface area (Å²) < 4.78 is 31.9. The molecule has 1 rings (SSSR count). The van der Waals surface area contributed by atoms with Gasteiger partial charge >= 0.3 is 11.9 Å². The largest absolute Gasteiger partial charge is 0.461 e. The van der Waals surface area contributed by atoms with Crippen LogP contribution in [0.15, 0.2) is 16.6 Å². The number of hydrogen-bond donors (Lipinski definition) is 0. The fraction of sp³-hybridized carbons (Fsp3) is 0.400. The Labute approximate surface area is 99.9 Å². The maximum absolute atomic E-state index is 13.5. The van der Waals surface area contributed by atoms with Gasteiger partial charge in [-0.3, -0.25) is 0 Å². The highest BCUT2D eigenvalue weighted by Crippen LogP contribution is 2.29. The number of carbonyl (C=O) groups is 1. The van der Waals surface area contributed by atoms with Crippen LogP contribution in [0, 0.1) is 6.92 Å². The zero-order chi connectivity index (χ0) is 12.3. The lowest BCUT2D eigenvalue weighted by molar-refractivity contribution is -0.173. The van der Waals surface area contributed by atoms with Gasteiger partial charge in [0.1, 0.15) is 5.69 Å². The highest BCUT2D eigenvalue weighted by atomic mass is 79.9. The summed E-state index contributed by atoms with van der Waals surface area (Å²) in [5.41, 5.74) is -0.215. The lowest BCUT2D eigenvalue weighted by atomic mass is 10.2. The number of carbonyl (C=O) groups excluding carboxylic acids is 1. The number of hydrogen-bond acceptors (Lipinski definition) is 3. The molecule has 0 radical (unpaired) electrons. The quantitative estimate of drug-likeness (QED) is 0.805. The van der Waals surface area contributed by atoms with Gasteiger partial charge in [0.05, 0.1) is 12.3 Å². The van der Waals surface area contributed by atoms with Gasteiger partial charge in [-0.1, -0.05) is 0 Å². The number of esters is 1. The second-order valence-corrected chi connectivity index (χ2v) is 3.91. The van der Waals surface area contributed by atoms with Gasteiger partial charge < -0.3 is 4.74 Å². The van der Waals surface area contributed by atoms with Crippen LogP contribution in [0.1, 0.15) is 18.3 Å². The molecule has 0 spiro atoms. The van der Waals surface area contributed by atoms with E-state index in [4.69, 9.17) is 0 Å². The maximum Gasteiger partial charge on any atom is 0.384 e. The highest BCUT2D eigenvalue weighted by molar-refractivity contribution is 9.10. The first kappa shape index (κ1) is 13.0. The van der Waals surface area contributed by atoms with Gasteiger partial charge in [0.25, 0.3) is 0 Å². The fourth-order valence-corrected chi connectivity index (χ4v) is 1.27. The molecule has 0 saturated heterocycles. The molecule has 0 bridgehead atoms. The summed E-state index contributed by atoms with van der Waals surface area (Å²) in [6.45, 7) is 2.94. The minimum atomic E-state index is -3.71. The van der Waals surface area contributed by atoms with Crippen LogP contribution in [0.5, 0.6) is 0 Å². The monoisotopic (exact) mass is 293 g/mol. The van der Waals surface area contributed by atoms with Crippen molar-refractivity contribution in [2.75, 3.05) is 6.61 Å². The highest BCUT2D eigenvalue weighted by Gasteiger charge is 2.44. The van der Waals surface area contributed by atoms with Crippen LogP contribution >= 0.6 is 15.9 Å². The van der Waals surface area contributed by atoms with Gasteiger partial charge in [-0.15, -0.1) is 0 Å². The molecule has 0 aliphatic carbocycles. The number of halogens is 3. The fourth-order valence-electron chi connectivity index (χ4n) is 1.05. The van der Waals surface area contributed by atoms with E-state index in [0.29, 0.717) is 10.2 Å². The predicted octanol–water partition coefficient (Wildman–Crippen LogP) is 2.81. The Morgan fingerprint density at radius 2 is 2.19 bits per heavy atom. The molecule has 88 valence electrons. The van der Waals surface area contributed by atoms with E-state index in [1.165, 1.54) is 13.0 Å². The zero-order valence-electron chi connectivity index (χ0n) is 8.76. The number of pyridine rings is 1. The molecule has 0 N–H and O–H groups in total. The van der Waals surface area contributed by atoms with Crippen molar-refractivity contribution in [3.8, 4) is 0 Å². The summed E-state index contributed by atoms with van der Waals surface area (Å²) in [5, 5.41) is 0. The molecule has 3 nitrogen and oxygen atoms in total. The van der Waals surface area contributed by atoms with Gasteiger partial charge in [0, 0.05) is 4.47 Å². The third-order valence-electron chi connectivity index (χ3n) is 1.87. The summed E-state index contributed by atoms with van der Waals surface area (Å²) in [7, 11) is 0. The number of rotatable bonds is 3. The summed E-state index contributed by atoms with van der Waals surface area (Å²) >= 11 is 3.14. The second kappa shape index (κ2) is 4.86. The average molecular weight is 294 g/mol. The van der Waals surface area contributed by atoms with Crippen molar-refractivity contribution in [2.24, 2.45) is 0 Å². The summed E-state index contributed by atoms with van der Waals surface area (Å²) in [6, 6.07) is 2.51. The lowest BCUT2D eigenvalue weighted by Crippen LogP contribution is -2.29. The summed E-state index contributed by atoms with van der Waals surface area (Å²) in [5.74, 6) is -5.29. The molecule has 0 aliphatic heterocycles. The Bertz CT molecular complexity index is 410. The van der Waals surface area contributed by atoms with Crippen molar-refractivity contribution >= 4 is 21.9 Å². The number of ether oxygens (including phenoxy) is 1. The van der Waals surface area contributed by atoms with Gasteiger partial charge in [-0.2, -0.15) is 8.78 Å². The lowest BCUT2D eigenvalue weighted by Gasteiger charge is -2.14. The molecule has 0 saturated carbocycles.